The van der Waals surface area contributed by atoms with Crippen LogP contribution in [0.25, 0.3) is 0 Å². The predicted octanol–water partition coefficient (Wildman–Crippen LogP) is 5.26. The van der Waals surface area contributed by atoms with Crippen LogP contribution in [0.1, 0.15) is 10.4 Å². The Morgan fingerprint density at radius 1 is 1.22 bits per heavy atom. The molecule has 0 spiro atoms. The van der Waals surface area contributed by atoms with Crippen LogP contribution in [-0.2, 0) is 11.9 Å². The van der Waals surface area contributed by atoms with Crippen molar-refractivity contribution >= 4 is 43.2 Å². The molecule has 0 radical (unpaired) electrons. The number of benzene rings is 1. The molecule has 0 amide bonds. The van der Waals surface area contributed by atoms with Gasteiger partial charge < -0.3 is 4.74 Å². The maximum Gasteiger partial charge on any atom is 0.191 e. The zero-order valence-electron chi connectivity index (χ0n) is 9.05. The van der Waals surface area contributed by atoms with Crippen molar-refractivity contribution < 1.29 is 13.5 Å². The summed E-state index contributed by atoms with van der Waals surface area (Å²) in [4.78, 5) is 0.887. The van der Waals surface area contributed by atoms with E-state index in [9.17, 15) is 8.78 Å². The van der Waals surface area contributed by atoms with Crippen molar-refractivity contribution in [1.82, 2.24) is 0 Å². The third kappa shape index (κ3) is 3.10. The molecular weight excluding hydrogens is 390 g/mol. The topological polar surface area (TPSA) is 9.23 Å². The van der Waals surface area contributed by atoms with Crippen molar-refractivity contribution in [1.29, 1.82) is 0 Å². The fourth-order valence-corrected chi connectivity index (χ4v) is 3.09. The first-order chi connectivity index (χ1) is 8.61. The first kappa shape index (κ1) is 14.0. The summed E-state index contributed by atoms with van der Waals surface area (Å²) in [5, 5.41) is 2.28. The molecule has 1 aromatic heterocycles. The van der Waals surface area contributed by atoms with Gasteiger partial charge in [0.2, 0.25) is 0 Å². The molecule has 1 nitrogen and oxygen atoms in total. The molecule has 0 aliphatic heterocycles. The largest absolute Gasteiger partial charge is 0.482 e. The summed E-state index contributed by atoms with van der Waals surface area (Å²) in [6, 6.07) is 4.39. The highest BCUT2D eigenvalue weighted by atomic mass is 79.9. The van der Waals surface area contributed by atoms with Crippen LogP contribution < -0.4 is 4.74 Å². The van der Waals surface area contributed by atoms with Gasteiger partial charge in [-0.15, -0.1) is 11.3 Å². The molecule has 0 bridgehead atoms. The van der Waals surface area contributed by atoms with Crippen molar-refractivity contribution in [2.75, 3.05) is 0 Å². The van der Waals surface area contributed by atoms with Crippen molar-refractivity contribution in [3.05, 3.63) is 50.1 Å². The quantitative estimate of drug-likeness (QED) is 0.639. The number of rotatable bonds is 4. The third-order valence-electron chi connectivity index (χ3n) is 2.25. The number of ether oxygens (including phenoxy) is 1. The predicted molar refractivity (Wildman–Crippen MR) is 75.3 cm³/mol. The van der Waals surface area contributed by atoms with Gasteiger partial charge in [-0.1, -0.05) is 15.9 Å². The highest BCUT2D eigenvalue weighted by Crippen LogP contribution is 2.28. The smallest absolute Gasteiger partial charge is 0.191 e. The monoisotopic (exact) mass is 396 g/mol. The van der Waals surface area contributed by atoms with E-state index in [-0.39, 0.29) is 12.4 Å². The van der Waals surface area contributed by atoms with Gasteiger partial charge in [-0.25, -0.2) is 8.78 Å². The highest BCUT2D eigenvalue weighted by molar-refractivity contribution is 9.10. The summed E-state index contributed by atoms with van der Waals surface area (Å²) in [5.41, 5.74) is 0.537. The first-order valence-electron chi connectivity index (χ1n) is 5.00. The summed E-state index contributed by atoms with van der Waals surface area (Å²) in [7, 11) is 0. The van der Waals surface area contributed by atoms with Gasteiger partial charge in [0, 0.05) is 9.80 Å². The van der Waals surface area contributed by atoms with Crippen molar-refractivity contribution in [2.45, 2.75) is 11.9 Å². The molecule has 18 heavy (non-hydrogen) atoms. The van der Waals surface area contributed by atoms with E-state index in [1.807, 2.05) is 11.4 Å². The van der Waals surface area contributed by atoms with Gasteiger partial charge >= 0.3 is 0 Å². The number of alkyl halides is 1. The summed E-state index contributed by atoms with van der Waals surface area (Å²) >= 11 is 7.95. The van der Waals surface area contributed by atoms with Crippen LogP contribution in [-0.4, -0.2) is 0 Å². The van der Waals surface area contributed by atoms with Crippen LogP contribution in [0.3, 0.4) is 0 Å². The van der Waals surface area contributed by atoms with E-state index in [4.69, 9.17) is 4.74 Å². The lowest BCUT2D eigenvalue weighted by atomic mass is 10.2. The van der Waals surface area contributed by atoms with Gasteiger partial charge in [0.15, 0.2) is 17.4 Å². The van der Waals surface area contributed by atoms with Gasteiger partial charge in [-0.2, -0.15) is 0 Å². The lowest BCUT2D eigenvalue weighted by Crippen LogP contribution is -2.00. The maximum absolute atomic E-state index is 13.6. The Morgan fingerprint density at radius 3 is 2.39 bits per heavy atom. The zero-order valence-corrected chi connectivity index (χ0v) is 13.0. The van der Waals surface area contributed by atoms with Crippen LogP contribution in [0.4, 0.5) is 8.78 Å². The second-order valence-corrected chi connectivity index (χ2v) is 5.92. The fourth-order valence-electron chi connectivity index (χ4n) is 1.39. The van der Waals surface area contributed by atoms with E-state index in [2.05, 4.69) is 31.9 Å². The molecule has 0 unspecified atom stereocenters. The van der Waals surface area contributed by atoms with Crippen molar-refractivity contribution in [3.63, 3.8) is 0 Å². The van der Waals surface area contributed by atoms with Crippen molar-refractivity contribution in [3.8, 4) is 5.75 Å². The van der Waals surface area contributed by atoms with E-state index >= 15 is 0 Å². The number of hydrogen-bond donors (Lipinski definition) is 0. The molecule has 1 heterocycles. The van der Waals surface area contributed by atoms with Gasteiger partial charge in [0.05, 0.1) is 4.88 Å². The summed E-state index contributed by atoms with van der Waals surface area (Å²) < 4.78 is 33.4. The number of thiophene rings is 1. The lowest BCUT2D eigenvalue weighted by molar-refractivity contribution is 0.276. The lowest BCUT2D eigenvalue weighted by Gasteiger charge is -2.09. The molecule has 96 valence electrons. The Hall–Kier alpha value is -0.460. The maximum atomic E-state index is 13.6. The van der Waals surface area contributed by atoms with Gasteiger partial charge in [-0.3, -0.25) is 0 Å². The molecule has 0 fully saturated rings. The van der Waals surface area contributed by atoms with Gasteiger partial charge in [0.1, 0.15) is 6.61 Å². The summed E-state index contributed by atoms with van der Waals surface area (Å²) in [6.07, 6.45) is 0. The average Bonchev–Trinajstić information content (AvgIpc) is 2.73. The molecule has 0 aliphatic rings. The molecule has 0 aliphatic carbocycles. The second kappa shape index (κ2) is 6.12. The Kier molecular flexibility index (Phi) is 4.75. The molecule has 0 atom stereocenters. The Labute approximate surface area is 124 Å². The minimum atomic E-state index is -0.683. The number of hydrogen-bond acceptors (Lipinski definition) is 2. The Morgan fingerprint density at radius 2 is 1.89 bits per heavy atom. The molecule has 0 N–H and O–H groups in total. The first-order valence-corrected chi connectivity index (χ1v) is 7.79. The minimum Gasteiger partial charge on any atom is -0.482 e. The molecule has 1 aromatic carbocycles. The average molecular weight is 398 g/mol. The van der Waals surface area contributed by atoms with Gasteiger partial charge in [-0.05, 0) is 45.1 Å². The number of halogens is 4. The van der Waals surface area contributed by atoms with Crippen molar-refractivity contribution in [2.24, 2.45) is 0 Å². The van der Waals surface area contributed by atoms with E-state index in [0.29, 0.717) is 10.9 Å². The van der Waals surface area contributed by atoms with Crippen LogP contribution in [0.15, 0.2) is 28.1 Å². The van der Waals surface area contributed by atoms with E-state index < -0.39 is 11.6 Å². The minimum absolute atomic E-state index is 0.139. The highest BCUT2D eigenvalue weighted by Gasteiger charge is 2.13. The van der Waals surface area contributed by atoms with Crippen LogP contribution >= 0.6 is 43.2 Å². The molecule has 0 saturated heterocycles. The van der Waals surface area contributed by atoms with E-state index in [0.717, 1.165) is 9.35 Å². The molecule has 0 saturated carbocycles. The Balaban J connectivity index is 2.17. The third-order valence-corrected chi connectivity index (χ3v) is 4.80. The van der Waals surface area contributed by atoms with E-state index in [1.165, 1.54) is 23.5 Å². The molecule has 6 heteroatoms. The fraction of sp³-hybridized carbons (Fsp3) is 0.167. The van der Waals surface area contributed by atoms with E-state index in [1.54, 1.807) is 0 Å². The Bertz CT molecular complexity index is 534. The SMILES string of the molecule is Fc1cc(CBr)cc(F)c1OCc1sccc1Br. The van der Waals surface area contributed by atoms with Gasteiger partial charge in [0.25, 0.3) is 0 Å². The second-order valence-electron chi connectivity index (χ2n) is 3.50. The van der Waals surface area contributed by atoms with Crippen LogP contribution in [0.5, 0.6) is 5.75 Å². The van der Waals surface area contributed by atoms with Crippen LogP contribution in [0, 0.1) is 11.6 Å². The standard InChI is InChI=1S/C12H8Br2F2OS/c13-5-7-3-9(15)12(10(16)4-7)17-6-11-8(14)1-2-18-11/h1-4H,5-6H2. The summed E-state index contributed by atoms with van der Waals surface area (Å²) in [5.74, 6) is -1.70. The van der Waals surface area contributed by atoms with Crippen LogP contribution in [0.2, 0.25) is 0 Å². The molecular formula is C12H8Br2F2OS. The normalized spacial score (nSPS) is 10.7. The zero-order chi connectivity index (χ0) is 13.1. The molecule has 2 aromatic rings. The molecule has 2 rings (SSSR count). The summed E-state index contributed by atoms with van der Waals surface area (Å²) in [6.45, 7) is 0.139.